The highest BCUT2D eigenvalue weighted by molar-refractivity contribution is 5.61. The summed E-state index contributed by atoms with van der Waals surface area (Å²) in [5.41, 5.74) is 1.96. The number of unbranched alkanes of at least 4 members (excludes halogenated alkanes) is 1. The molecule has 0 bridgehead atoms. The number of hydrogen-bond acceptors (Lipinski definition) is 5. The molecule has 0 aliphatic carbocycles. The largest absolute Gasteiger partial charge is 0.497 e. The zero-order chi connectivity index (χ0) is 23.1. The van der Waals surface area contributed by atoms with E-state index < -0.39 is 11.9 Å². The van der Waals surface area contributed by atoms with Gasteiger partial charge in [0, 0.05) is 24.7 Å². The lowest BCUT2D eigenvalue weighted by Gasteiger charge is -2.43. The lowest BCUT2D eigenvalue weighted by molar-refractivity contribution is -0.172. The molecule has 1 atom stereocenters. The molecule has 3 aromatic carbocycles. The molecule has 0 radical (unpaired) electrons. The van der Waals surface area contributed by atoms with Crippen molar-refractivity contribution in [2.24, 2.45) is 0 Å². The van der Waals surface area contributed by atoms with Crippen molar-refractivity contribution in [1.29, 1.82) is 0 Å². The molecule has 1 aliphatic rings. The van der Waals surface area contributed by atoms with Crippen LogP contribution in [0.15, 0.2) is 72.8 Å². The molecule has 33 heavy (non-hydrogen) atoms. The van der Waals surface area contributed by atoms with Crippen molar-refractivity contribution >= 4 is 0 Å². The van der Waals surface area contributed by atoms with Gasteiger partial charge >= 0.3 is 0 Å². The van der Waals surface area contributed by atoms with Crippen molar-refractivity contribution in [2.75, 3.05) is 27.4 Å². The topological polar surface area (TPSA) is 46.2 Å². The molecule has 174 valence electrons. The summed E-state index contributed by atoms with van der Waals surface area (Å²) in [6.07, 6.45) is 2.23. The van der Waals surface area contributed by atoms with E-state index in [1.807, 2.05) is 48.5 Å². The van der Waals surface area contributed by atoms with Gasteiger partial charge < -0.3 is 23.7 Å². The molecular formula is C28H32O5. The van der Waals surface area contributed by atoms with E-state index in [0.717, 1.165) is 36.1 Å². The number of methoxy groups -OCH3 is 2. The Balaban J connectivity index is 1.86. The summed E-state index contributed by atoms with van der Waals surface area (Å²) >= 11 is 0. The van der Waals surface area contributed by atoms with Crippen molar-refractivity contribution in [2.45, 2.75) is 38.1 Å². The van der Waals surface area contributed by atoms with Crippen LogP contribution >= 0.6 is 0 Å². The fourth-order valence-corrected chi connectivity index (χ4v) is 4.25. The first kappa shape index (κ1) is 23.1. The van der Waals surface area contributed by atoms with Gasteiger partial charge in [-0.3, -0.25) is 0 Å². The zero-order valence-electron chi connectivity index (χ0n) is 19.6. The molecule has 5 nitrogen and oxygen atoms in total. The maximum atomic E-state index is 6.86. The van der Waals surface area contributed by atoms with Gasteiger partial charge in [-0.2, -0.15) is 0 Å². The SMILES string of the molecule is CCCCOCCC1Oc2c(OC)cc(OC)cc2C(c2ccccc2)(c2ccccc2)O1. The zero-order valence-corrected chi connectivity index (χ0v) is 19.6. The number of benzene rings is 3. The molecule has 1 heterocycles. The first-order chi connectivity index (χ1) is 16.2. The van der Waals surface area contributed by atoms with Gasteiger partial charge in [-0.1, -0.05) is 74.0 Å². The fourth-order valence-electron chi connectivity index (χ4n) is 4.25. The minimum absolute atomic E-state index is 0.512. The maximum absolute atomic E-state index is 6.86. The summed E-state index contributed by atoms with van der Waals surface area (Å²) in [6.45, 7) is 3.45. The normalized spacial score (nSPS) is 16.5. The Bertz CT molecular complexity index is 980. The minimum Gasteiger partial charge on any atom is -0.497 e. The summed E-state index contributed by atoms with van der Waals surface area (Å²) in [7, 11) is 3.29. The monoisotopic (exact) mass is 448 g/mol. The predicted molar refractivity (Wildman–Crippen MR) is 128 cm³/mol. The van der Waals surface area contributed by atoms with E-state index >= 15 is 0 Å². The van der Waals surface area contributed by atoms with Crippen molar-refractivity contribution < 1.29 is 23.7 Å². The van der Waals surface area contributed by atoms with Gasteiger partial charge in [0.05, 0.1) is 20.8 Å². The molecule has 0 saturated heterocycles. The molecule has 3 aromatic rings. The molecule has 4 rings (SSSR count). The highest BCUT2D eigenvalue weighted by atomic mass is 16.7. The summed E-state index contributed by atoms with van der Waals surface area (Å²) in [4.78, 5) is 0. The highest BCUT2D eigenvalue weighted by Gasteiger charge is 2.47. The van der Waals surface area contributed by atoms with Crippen LogP contribution in [0.25, 0.3) is 0 Å². The van der Waals surface area contributed by atoms with Gasteiger partial charge in [0.25, 0.3) is 0 Å². The van der Waals surface area contributed by atoms with Crippen LogP contribution in [0.2, 0.25) is 0 Å². The third-order valence-corrected chi connectivity index (χ3v) is 5.92. The van der Waals surface area contributed by atoms with E-state index in [2.05, 4.69) is 31.2 Å². The molecule has 0 spiro atoms. The highest BCUT2D eigenvalue weighted by Crippen LogP contribution is 2.53. The smallest absolute Gasteiger partial charge is 0.204 e. The van der Waals surface area contributed by atoms with Gasteiger partial charge in [0.1, 0.15) is 5.75 Å². The molecule has 0 aromatic heterocycles. The van der Waals surface area contributed by atoms with Gasteiger partial charge in [-0.25, -0.2) is 0 Å². The van der Waals surface area contributed by atoms with Crippen LogP contribution in [0.1, 0.15) is 42.9 Å². The first-order valence-electron chi connectivity index (χ1n) is 11.5. The predicted octanol–water partition coefficient (Wildman–Crippen LogP) is 5.94. The van der Waals surface area contributed by atoms with E-state index in [1.54, 1.807) is 14.2 Å². The van der Waals surface area contributed by atoms with Crippen LogP contribution in [0.3, 0.4) is 0 Å². The van der Waals surface area contributed by atoms with Crippen LogP contribution in [0, 0.1) is 0 Å². The second-order valence-corrected chi connectivity index (χ2v) is 8.04. The Morgan fingerprint density at radius 3 is 2.09 bits per heavy atom. The molecule has 1 unspecified atom stereocenters. The molecule has 0 amide bonds. The van der Waals surface area contributed by atoms with Crippen LogP contribution in [0.4, 0.5) is 0 Å². The van der Waals surface area contributed by atoms with Crippen LogP contribution < -0.4 is 14.2 Å². The number of ether oxygens (including phenoxy) is 5. The Kier molecular flexibility index (Phi) is 7.53. The van der Waals surface area contributed by atoms with Crippen molar-refractivity contribution in [3.05, 3.63) is 89.5 Å². The first-order valence-corrected chi connectivity index (χ1v) is 11.5. The second-order valence-electron chi connectivity index (χ2n) is 8.04. The van der Waals surface area contributed by atoms with E-state index in [-0.39, 0.29) is 0 Å². The van der Waals surface area contributed by atoms with E-state index in [9.17, 15) is 0 Å². The van der Waals surface area contributed by atoms with Crippen molar-refractivity contribution in [1.82, 2.24) is 0 Å². The summed E-state index contributed by atoms with van der Waals surface area (Å²) in [5.74, 6) is 1.95. The molecule has 0 fully saturated rings. The minimum atomic E-state index is -0.897. The van der Waals surface area contributed by atoms with Gasteiger partial charge in [-0.05, 0) is 23.6 Å². The van der Waals surface area contributed by atoms with Gasteiger partial charge in [-0.15, -0.1) is 0 Å². The molecule has 0 saturated carbocycles. The van der Waals surface area contributed by atoms with E-state index in [1.165, 1.54) is 0 Å². The Hall–Kier alpha value is -3.02. The standard InChI is InChI=1S/C28H32O5/c1-4-5-17-31-18-16-26-32-27-24(19-23(29-2)20-25(27)30-3)28(33-26,21-12-8-6-9-13-21)22-14-10-7-11-15-22/h6-15,19-20,26H,4-5,16-18H2,1-3H3. The molecule has 5 heteroatoms. The Labute approximate surface area is 196 Å². The third-order valence-electron chi connectivity index (χ3n) is 5.92. The van der Waals surface area contributed by atoms with Gasteiger partial charge in [0.15, 0.2) is 17.1 Å². The van der Waals surface area contributed by atoms with Crippen molar-refractivity contribution in [3.63, 3.8) is 0 Å². The van der Waals surface area contributed by atoms with Crippen LogP contribution in [-0.4, -0.2) is 33.7 Å². The summed E-state index contributed by atoms with van der Waals surface area (Å²) in [5, 5.41) is 0. The van der Waals surface area contributed by atoms with Crippen molar-refractivity contribution in [3.8, 4) is 17.2 Å². The fraction of sp³-hybridized carbons (Fsp3) is 0.357. The summed E-state index contributed by atoms with van der Waals surface area (Å²) < 4.78 is 30.4. The van der Waals surface area contributed by atoms with Gasteiger partial charge in [0.2, 0.25) is 6.29 Å². The molecule has 1 aliphatic heterocycles. The summed E-state index contributed by atoms with van der Waals surface area (Å²) in [6, 6.07) is 24.3. The lowest BCUT2D eigenvalue weighted by Crippen LogP contribution is -2.43. The second kappa shape index (κ2) is 10.7. The number of hydrogen-bond donors (Lipinski definition) is 0. The molecule has 0 N–H and O–H groups in total. The third kappa shape index (κ3) is 4.70. The lowest BCUT2D eigenvalue weighted by atomic mass is 9.78. The van der Waals surface area contributed by atoms with Crippen LogP contribution in [0.5, 0.6) is 17.2 Å². The molecular weight excluding hydrogens is 416 g/mol. The Morgan fingerprint density at radius 2 is 1.52 bits per heavy atom. The Morgan fingerprint density at radius 1 is 0.848 bits per heavy atom. The van der Waals surface area contributed by atoms with E-state index in [0.29, 0.717) is 30.3 Å². The average Bonchev–Trinajstić information content (AvgIpc) is 2.88. The quantitative estimate of drug-likeness (QED) is 0.359. The number of rotatable bonds is 10. The number of fused-ring (bicyclic) bond motifs is 1. The van der Waals surface area contributed by atoms with E-state index in [4.69, 9.17) is 23.7 Å². The van der Waals surface area contributed by atoms with Crippen LogP contribution in [-0.2, 0) is 15.1 Å². The average molecular weight is 449 g/mol. The maximum Gasteiger partial charge on any atom is 0.204 e.